The molecule has 0 atom stereocenters. The monoisotopic (exact) mass is 341 g/mol. The Hall–Kier alpha value is -2.17. The molecule has 0 aliphatic heterocycles. The third-order valence-electron chi connectivity index (χ3n) is 3.40. The van der Waals surface area contributed by atoms with E-state index in [1.54, 1.807) is 17.6 Å². The standard InChI is InChI=1S/C18H16ClN3S/c1-2-22-17(15-8-10-16(19)11-9-15)13-23-18(22)21-20-12-14-6-4-3-5-7-14/h3-13H,2H2,1H3/b20-12-,21-18-. The molecule has 0 saturated heterocycles. The van der Waals surface area contributed by atoms with Crippen molar-refractivity contribution in [3.05, 3.63) is 75.4 Å². The molecule has 0 N–H and O–H groups in total. The highest BCUT2D eigenvalue weighted by atomic mass is 35.5. The van der Waals surface area contributed by atoms with Crippen LogP contribution in [0.3, 0.4) is 0 Å². The third-order valence-corrected chi connectivity index (χ3v) is 4.51. The highest BCUT2D eigenvalue weighted by Gasteiger charge is 2.06. The van der Waals surface area contributed by atoms with Crippen molar-refractivity contribution >= 4 is 29.2 Å². The molecule has 23 heavy (non-hydrogen) atoms. The SMILES string of the molecule is CCn1c(-c2ccc(Cl)cc2)cs/c1=N\N=C/c1ccccc1. The quantitative estimate of drug-likeness (QED) is 0.481. The number of thiazole rings is 1. The summed E-state index contributed by atoms with van der Waals surface area (Å²) in [7, 11) is 0. The highest BCUT2D eigenvalue weighted by Crippen LogP contribution is 2.22. The lowest BCUT2D eigenvalue weighted by atomic mass is 10.2. The van der Waals surface area contributed by atoms with Gasteiger partial charge in [-0.25, -0.2) is 0 Å². The topological polar surface area (TPSA) is 29.6 Å². The van der Waals surface area contributed by atoms with E-state index in [2.05, 4.69) is 27.1 Å². The third kappa shape index (κ3) is 3.78. The molecule has 0 radical (unpaired) electrons. The second-order valence-corrected chi connectivity index (χ2v) is 6.18. The maximum Gasteiger partial charge on any atom is 0.211 e. The van der Waals surface area contributed by atoms with Gasteiger partial charge in [0.1, 0.15) is 0 Å². The maximum atomic E-state index is 5.96. The van der Waals surface area contributed by atoms with E-state index in [1.807, 2.05) is 54.6 Å². The second kappa shape index (κ2) is 7.40. The minimum atomic E-state index is 0.740. The first-order valence-electron chi connectivity index (χ1n) is 7.34. The molecule has 0 unspecified atom stereocenters. The molecule has 2 aromatic carbocycles. The van der Waals surface area contributed by atoms with E-state index < -0.39 is 0 Å². The Morgan fingerprint density at radius 1 is 1.09 bits per heavy atom. The fourth-order valence-electron chi connectivity index (χ4n) is 2.25. The van der Waals surface area contributed by atoms with E-state index in [4.69, 9.17) is 11.6 Å². The Bertz CT molecular complexity index is 861. The number of rotatable bonds is 4. The summed E-state index contributed by atoms with van der Waals surface area (Å²) in [5.41, 5.74) is 3.29. The van der Waals surface area contributed by atoms with E-state index >= 15 is 0 Å². The van der Waals surface area contributed by atoms with Crippen LogP contribution in [0.2, 0.25) is 5.02 Å². The van der Waals surface area contributed by atoms with Crippen LogP contribution in [0.5, 0.6) is 0 Å². The van der Waals surface area contributed by atoms with Crippen molar-refractivity contribution < 1.29 is 0 Å². The minimum absolute atomic E-state index is 0.740. The number of aromatic nitrogens is 1. The Labute approximate surface area is 144 Å². The summed E-state index contributed by atoms with van der Waals surface area (Å²) >= 11 is 7.55. The average molecular weight is 342 g/mol. The van der Waals surface area contributed by atoms with Gasteiger partial charge in [0.2, 0.25) is 4.80 Å². The van der Waals surface area contributed by atoms with Gasteiger partial charge in [-0.2, -0.15) is 5.10 Å². The fourth-order valence-corrected chi connectivity index (χ4v) is 3.31. The molecule has 0 amide bonds. The Kier molecular flexibility index (Phi) is 5.05. The van der Waals surface area contributed by atoms with Crippen LogP contribution in [0.15, 0.2) is 70.2 Å². The average Bonchev–Trinajstić information content (AvgIpc) is 2.99. The summed E-state index contributed by atoms with van der Waals surface area (Å²) in [6.07, 6.45) is 1.77. The molecule has 116 valence electrons. The molecular formula is C18H16ClN3S. The van der Waals surface area contributed by atoms with Crippen LogP contribution < -0.4 is 4.80 Å². The summed E-state index contributed by atoms with van der Waals surface area (Å²) in [6, 6.07) is 17.8. The van der Waals surface area contributed by atoms with Gasteiger partial charge in [0, 0.05) is 16.9 Å². The van der Waals surface area contributed by atoms with Crippen molar-refractivity contribution in [2.45, 2.75) is 13.5 Å². The van der Waals surface area contributed by atoms with Gasteiger partial charge in [0.15, 0.2) is 0 Å². The van der Waals surface area contributed by atoms with Crippen molar-refractivity contribution in [1.29, 1.82) is 0 Å². The lowest BCUT2D eigenvalue weighted by Gasteiger charge is -2.05. The zero-order chi connectivity index (χ0) is 16.1. The summed E-state index contributed by atoms with van der Waals surface area (Å²) in [6.45, 7) is 2.94. The predicted octanol–water partition coefficient (Wildman–Crippen LogP) is 4.82. The molecule has 5 heteroatoms. The smallest absolute Gasteiger partial charge is 0.211 e. The van der Waals surface area contributed by atoms with Crippen LogP contribution in [0.1, 0.15) is 12.5 Å². The molecular weight excluding hydrogens is 326 g/mol. The van der Waals surface area contributed by atoms with Crippen LogP contribution >= 0.6 is 22.9 Å². The van der Waals surface area contributed by atoms with Crippen molar-refractivity contribution in [2.24, 2.45) is 10.2 Å². The van der Waals surface area contributed by atoms with Crippen LogP contribution in [-0.4, -0.2) is 10.8 Å². The first-order chi connectivity index (χ1) is 11.3. The van der Waals surface area contributed by atoms with E-state index in [-0.39, 0.29) is 0 Å². The van der Waals surface area contributed by atoms with Crippen molar-refractivity contribution in [3.8, 4) is 11.3 Å². The van der Waals surface area contributed by atoms with Crippen molar-refractivity contribution in [3.63, 3.8) is 0 Å². The van der Waals surface area contributed by atoms with Gasteiger partial charge in [-0.15, -0.1) is 16.4 Å². The molecule has 0 spiro atoms. The lowest BCUT2D eigenvalue weighted by molar-refractivity contribution is 0.737. The molecule has 0 aliphatic rings. The number of nitrogens with zero attached hydrogens (tertiary/aromatic N) is 3. The zero-order valence-electron chi connectivity index (χ0n) is 12.7. The fraction of sp³-hybridized carbons (Fsp3) is 0.111. The van der Waals surface area contributed by atoms with Crippen molar-refractivity contribution in [2.75, 3.05) is 0 Å². The lowest BCUT2D eigenvalue weighted by Crippen LogP contribution is -2.14. The van der Waals surface area contributed by atoms with Crippen LogP contribution in [-0.2, 0) is 6.54 Å². The summed E-state index contributed by atoms with van der Waals surface area (Å²) < 4.78 is 2.15. The molecule has 0 saturated carbocycles. The highest BCUT2D eigenvalue weighted by molar-refractivity contribution is 7.07. The van der Waals surface area contributed by atoms with Gasteiger partial charge in [0.25, 0.3) is 0 Å². The first-order valence-corrected chi connectivity index (χ1v) is 8.60. The van der Waals surface area contributed by atoms with Crippen LogP contribution in [0.25, 0.3) is 11.3 Å². The summed E-state index contributed by atoms with van der Waals surface area (Å²) in [4.78, 5) is 0.879. The van der Waals surface area contributed by atoms with E-state index in [1.165, 1.54) is 0 Å². The van der Waals surface area contributed by atoms with Crippen LogP contribution in [0, 0.1) is 0 Å². The van der Waals surface area contributed by atoms with Crippen molar-refractivity contribution in [1.82, 2.24) is 4.57 Å². The number of hydrogen-bond acceptors (Lipinski definition) is 3. The molecule has 0 fully saturated rings. The van der Waals surface area contributed by atoms with Gasteiger partial charge in [-0.05, 0) is 30.2 Å². The molecule has 0 aliphatic carbocycles. The number of benzene rings is 2. The van der Waals surface area contributed by atoms with Gasteiger partial charge in [0.05, 0.1) is 11.9 Å². The largest absolute Gasteiger partial charge is 0.315 e. The normalized spacial score (nSPS) is 12.2. The van der Waals surface area contributed by atoms with Crippen LogP contribution in [0.4, 0.5) is 0 Å². The molecule has 3 nitrogen and oxygen atoms in total. The molecule has 3 aromatic rings. The molecule has 1 aromatic heterocycles. The van der Waals surface area contributed by atoms with Gasteiger partial charge >= 0.3 is 0 Å². The van der Waals surface area contributed by atoms with E-state index in [9.17, 15) is 0 Å². The van der Waals surface area contributed by atoms with Gasteiger partial charge in [-0.1, -0.05) is 54.1 Å². The van der Waals surface area contributed by atoms with Gasteiger partial charge in [-0.3, -0.25) is 0 Å². The number of hydrogen-bond donors (Lipinski definition) is 0. The molecule has 1 heterocycles. The molecule has 0 bridgehead atoms. The second-order valence-electron chi connectivity index (χ2n) is 4.91. The minimum Gasteiger partial charge on any atom is -0.315 e. The van der Waals surface area contributed by atoms with Gasteiger partial charge < -0.3 is 4.57 Å². The van der Waals surface area contributed by atoms with E-state index in [0.29, 0.717) is 0 Å². The summed E-state index contributed by atoms with van der Waals surface area (Å²) in [5, 5.41) is 11.4. The predicted molar refractivity (Wildman–Crippen MR) is 98.0 cm³/mol. The first kappa shape index (κ1) is 15.7. The zero-order valence-corrected chi connectivity index (χ0v) is 14.3. The Morgan fingerprint density at radius 2 is 1.83 bits per heavy atom. The Balaban J connectivity index is 1.93. The Morgan fingerprint density at radius 3 is 2.52 bits per heavy atom. The maximum absolute atomic E-state index is 5.96. The number of halogens is 1. The molecule has 3 rings (SSSR count). The van der Waals surface area contributed by atoms with E-state index in [0.717, 1.165) is 33.2 Å². The summed E-state index contributed by atoms with van der Waals surface area (Å²) in [5.74, 6) is 0.